The molecule has 0 rings (SSSR count). The van der Waals surface area contributed by atoms with Crippen LogP contribution in [0.15, 0.2) is 36.8 Å². The van der Waals surface area contributed by atoms with Gasteiger partial charge in [-0.25, -0.2) is 0 Å². The van der Waals surface area contributed by atoms with Crippen LogP contribution in [0, 0.1) is 0 Å². The van der Waals surface area contributed by atoms with Gasteiger partial charge in [0.05, 0.1) is 12.2 Å². The molecule has 0 unspecified atom stereocenters. The van der Waals surface area contributed by atoms with Gasteiger partial charge in [0.15, 0.2) is 0 Å². The number of allylic oxidation sites excluding steroid dienone is 2. The van der Waals surface area contributed by atoms with Crippen LogP contribution in [0.1, 0.15) is 27.7 Å². The van der Waals surface area contributed by atoms with Gasteiger partial charge in [-0.1, -0.05) is 13.2 Å². The molecule has 0 bridgehead atoms. The summed E-state index contributed by atoms with van der Waals surface area (Å²) in [5.41, 5.74) is 0. The molecule has 0 aromatic rings. The van der Waals surface area contributed by atoms with E-state index in [4.69, 9.17) is 9.47 Å². The van der Waals surface area contributed by atoms with Crippen LogP contribution in [-0.4, -0.2) is 12.2 Å². The molecular formula is C12H20O2. The Hall–Kier alpha value is -1.18. The van der Waals surface area contributed by atoms with E-state index in [1.807, 2.05) is 27.7 Å². The highest BCUT2D eigenvalue weighted by atomic mass is 16.5. The molecular weight excluding hydrogens is 176 g/mol. The number of rotatable bonds is 6. The average Bonchev–Trinajstić information content (AvgIpc) is 1.98. The molecule has 2 nitrogen and oxygen atoms in total. The van der Waals surface area contributed by atoms with Crippen molar-refractivity contribution in [3.8, 4) is 0 Å². The van der Waals surface area contributed by atoms with Crippen LogP contribution in [0.3, 0.4) is 0 Å². The Labute approximate surface area is 86.9 Å². The first-order valence-corrected chi connectivity index (χ1v) is 4.81. The lowest BCUT2D eigenvalue weighted by molar-refractivity contribution is 0.154. The maximum atomic E-state index is 5.33. The maximum absolute atomic E-state index is 5.33. The lowest BCUT2D eigenvalue weighted by Crippen LogP contribution is -2.01. The molecule has 0 aliphatic rings. The van der Waals surface area contributed by atoms with Gasteiger partial charge in [-0.3, -0.25) is 0 Å². The van der Waals surface area contributed by atoms with Crippen LogP contribution in [0.4, 0.5) is 0 Å². The summed E-state index contributed by atoms with van der Waals surface area (Å²) in [5.74, 6) is 1.24. The minimum Gasteiger partial charge on any atom is -0.492 e. The highest BCUT2D eigenvalue weighted by Crippen LogP contribution is 2.05. The van der Waals surface area contributed by atoms with Gasteiger partial charge in [0.1, 0.15) is 11.5 Å². The Morgan fingerprint density at radius 2 is 1.14 bits per heavy atom. The fourth-order valence-electron chi connectivity index (χ4n) is 0.870. The molecule has 0 fully saturated rings. The molecule has 0 radical (unpaired) electrons. The molecule has 0 heterocycles. The summed E-state index contributed by atoms with van der Waals surface area (Å²) in [6, 6.07) is 0. The second-order valence-electron chi connectivity index (χ2n) is 3.60. The van der Waals surface area contributed by atoms with E-state index in [0.717, 1.165) is 0 Å². The second-order valence-corrected chi connectivity index (χ2v) is 3.60. The van der Waals surface area contributed by atoms with E-state index < -0.39 is 0 Å². The van der Waals surface area contributed by atoms with Gasteiger partial charge in [-0.2, -0.15) is 0 Å². The number of hydrogen-bond donors (Lipinski definition) is 0. The summed E-state index contributed by atoms with van der Waals surface area (Å²) >= 11 is 0. The molecule has 0 saturated heterocycles. The Balaban J connectivity index is 3.92. The van der Waals surface area contributed by atoms with Crippen LogP contribution < -0.4 is 0 Å². The van der Waals surface area contributed by atoms with E-state index in [1.165, 1.54) is 0 Å². The summed E-state index contributed by atoms with van der Waals surface area (Å²) in [5, 5.41) is 0. The first-order valence-electron chi connectivity index (χ1n) is 4.81. The van der Waals surface area contributed by atoms with E-state index in [9.17, 15) is 0 Å². The van der Waals surface area contributed by atoms with E-state index in [0.29, 0.717) is 11.5 Å². The van der Waals surface area contributed by atoms with Crippen molar-refractivity contribution in [2.24, 2.45) is 0 Å². The Morgan fingerprint density at radius 1 is 0.857 bits per heavy atom. The molecule has 0 N–H and O–H groups in total. The zero-order valence-electron chi connectivity index (χ0n) is 9.54. The van der Waals surface area contributed by atoms with Crippen molar-refractivity contribution in [1.82, 2.24) is 0 Å². The van der Waals surface area contributed by atoms with Crippen molar-refractivity contribution in [2.45, 2.75) is 39.9 Å². The third-order valence-corrected chi connectivity index (χ3v) is 1.23. The number of hydrogen-bond acceptors (Lipinski definition) is 2. The number of ether oxygens (including phenoxy) is 2. The molecule has 14 heavy (non-hydrogen) atoms. The van der Waals surface area contributed by atoms with E-state index in [-0.39, 0.29) is 12.2 Å². The van der Waals surface area contributed by atoms with Gasteiger partial charge in [0, 0.05) is 0 Å². The van der Waals surface area contributed by atoms with Crippen molar-refractivity contribution in [3.05, 3.63) is 36.8 Å². The van der Waals surface area contributed by atoms with Crippen molar-refractivity contribution >= 4 is 0 Å². The molecule has 0 aromatic heterocycles. The molecule has 0 aliphatic heterocycles. The predicted molar refractivity (Wildman–Crippen MR) is 59.9 cm³/mol. The lowest BCUT2D eigenvalue weighted by atomic mass is 10.4. The van der Waals surface area contributed by atoms with Crippen molar-refractivity contribution in [3.63, 3.8) is 0 Å². The van der Waals surface area contributed by atoms with Crippen molar-refractivity contribution < 1.29 is 9.47 Å². The first kappa shape index (κ1) is 12.8. The Morgan fingerprint density at radius 3 is 1.36 bits per heavy atom. The highest BCUT2D eigenvalue weighted by Gasteiger charge is 1.96. The lowest BCUT2D eigenvalue weighted by Gasteiger charge is -2.10. The minimum atomic E-state index is 0.145. The zero-order chi connectivity index (χ0) is 11.1. The molecule has 2 heteroatoms. The van der Waals surface area contributed by atoms with Crippen LogP contribution in [-0.2, 0) is 9.47 Å². The normalized spacial score (nSPS) is 11.0. The quantitative estimate of drug-likeness (QED) is 0.478. The Kier molecular flexibility index (Phi) is 5.77. The van der Waals surface area contributed by atoms with Gasteiger partial charge in [-0.05, 0) is 39.8 Å². The third-order valence-electron chi connectivity index (χ3n) is 1.23. The van der Waals surface area contributed by atoms with Gasteiger partial charge in [-0.15, -0.1) is 0 Å². The SMILES string of the molecule is C=C(/C=C\C(=C)OC(C)C)OC(C)C. The largest absolute Gasteiger partial charge is 0.492 e. The summed E-state index contributed by atoms with van der Waals surface area (Å²) in [6.07, 6.45) is 3.80. The van der Waals surface area contributed by atoms with Crippen molar-refractivity contribution in [1.29, 1.82) is 0 Å². The van der Waals surface area contributed by atoms with Crippen LogP contribution >= 0.6 is 0 Å². The van der Waals surface area contributed by atoms with Crippen LogP contribution in [0.25, 0.3) is 0 Å². The van der Waals surface area contributed by atoms with E-state index >= 15 is 0 Å². The standard InChI is InChI=1S/C12H20O2/c1-9(2)13-11(5)7-8-12(6)14-10(3)4/h7-10H,5-6H2,1-4H3/b8-7-. The summed E-state index contributed by atoms with van der Waals surface area (Å²) in [7, 11) is 0. The van der Waals surface area contributed by atoms with Gasteiger partial charge >= 0.3 is 0 Å². The van der Waals surface area contributed by atoms with Gasteiger partial charge in [0.2, 0.25) is 0 Å². The van der Waals surface area contributed by atoms with E-state index in [2.05, 4.69) is 13.2 Å². The van der Waals surface area contributed by atoms with Gasteiger partial charge < -0.3 is 9.47 Å². The van der Waals surface area contributed by atoms with Crippen molar-refractivity contribution in [2.75, 3.05) is 0 Å². The molecule has 0 amide bonds. The predicted octanol–water partition coefficient (Wildman–Crippen LogP) is 3.42. The molecule has 0 aromatic carbocycles. The molecule has 0 atom stereocenters. The molecule has 0 aliphatic carbocycles. The Bertz CT molecular complexity index is 200. The van der Waals surface area contributed by atoms with Crippen LogP contribution in [0.2, 0.25) is 0 Å². The highest BCUT2D eigenvalue weighted by molar-refractivity contribution is 5.17. The average molecular weight is 196 g/mol. The van der Waals surface area contributed by atoms with Gasteiger partial charge in [0.25, 0.3) is 0 Å². The minimum absolute atomic E-state index is 0.145. The maximum Gasteiger partial charge on any atom is 0.112 e. The monoisotopic (exact) mass is 196 g/mol. The first-order chi connectivity index (χ1) is 6.41. The summed E-state index contributed by atoms with van der Waals surface area (Å²) in [4.78, 5) is 0. The molecule has 0 spiro atoms. The third kappa shape index (κ3) is 7.47. The summed E-state index contributed by atoms with van der Waals surface area (Å²) < 4.78 is 10.7. The molecule has 0 saturated carbocycles. The van der Waals surface area contributed by atoms with Crippen LogP contribution in [0.5, 0.6) is 0 Å². The summed E-state index contributed by atoms with van der Waals surface area (Å²) in [6.45, 7) is 15.3. The second kappa shape index (κ2) is 6.30. The molecule has 80 valence electrons. The fourth-order valence-corrected chi connectivity index (χ4v) is 0.870. The zero-order valence-corrected chi connectivity index (χ0v) is 9.54. The fraction of sp³-hybridized carbons (Fsp3) is 0.500. The van der Waals surface area contributed by atoms with E-state index in [1.54, 1.807) is 12.2 Å². The topological polar surface area (TPSA) is 18.5 Å². The smallest absolute Gasteiger partial charge is 0.112 e.